The highest BCUT2D eigenvalue weighted by atomic mass is 79.9. The fraction of sp³-hybridized carbons (Fsp3) is 0.235. The molecule has 2 aromatic carbocycles. The molecule has 122 valence electrons. The van der Waals surface area contributed by atoms with Crippen molar-refractivity contribution in [3.05, 3.63) is 63.9 Å². The van der Waals surface area contributed by atoms with Crippen LogP contribution in [0.5, 0.6) is 5.75 Å². The van der Waals surface area contributed by atoms with Gasteiger partial charge in [0, 0.05) is 0 Å². The van der Waals surface area contributed by atoms with E-state index in [1.165, 1.54) is 6.07 Å². The molecule has 0 fully saturated rings. The molecule has 2 aromatic rings. The predicted molar refractivity (Wildman–Crippen MR) is 86.5 cm³/mol. The second-order valence-corrected chi connectivity index (χ2v) is 5.60. The Balaban J connectivity index is 2.15. The fourth-order valence-electron chi connectivity index (χ4n) is 1.96. The Kier molecular flexibility index (Phi) is 6.12. The first-order valence-corrected chi connectivity index (χ1v) is 7.82. The van der Waals surface area contributed by atoms with Crippen molar-refractivity contribution >= 4 is 21.9 Å². The monoisotopic (exact) mass is 382 g/mol. The van der Waals surface area contributed by atoms with Gasteiger partial charge in [-0.1, -0.05) is 30.3 Å². The molecule has 1 unspecified atom stereocenters. The van der Waals surface area contributed by atoms with Crippen molar-refractivity contribution in [2.75, 3.05) is 6.61 Å². The Hall–Kier alpha value is -1.92. The van der Waals surface area contributed by atoms with Crippen LogP contribution < -0.4 is 4.74 Å². The van der Waals surface area contributed by atoms with Gasteiger partial charge in [-0.05, 0) is 46.1 Å². The molecule has 0 aliphatic rings. The van der Waals surface area contributed by atoms with Crippen LogP contribution in [0.25, 0.3) is 0 Å². The maximum atomic E-state index is 14.2. The number of halogens is 2. The number of esters is 1. The summed E-state index contributed by atoms with van der Waals surface area (Å²) in [7, 11) is 0. The van der Waals surface area contributed by atoms with E-state index in [-0.39, 0.29) is 24.5 Å². The summed E-state index contributed by atoms with van der Waals surface area (Å²) in [6.45, 7) is 1.97. The van der Waals surface area contributed by atoms with Crippen LogP contribution in [0.15, 0.2) is 46.9 Å². The molecule has 6 heteroatoms. The van der Waals surface area contributed by atoms with Crippen LogP contribution in [0.1, 0.15) is 24.2 Å². The van der Waals surface area contributed by atoms with E-state index in [0.717, 1.165) is 11.6 Å². The van der Waals surface area contributed by atoms with Crippen molar-refractivity contribution in [3.63, 3.8) is 0 Å². The van der Waals surface area contributed by atoms with Crippen LogP contribution in [0.2, 0.25) is 0 Å². The van der Waals surface area contributed by atoms with Gasteiger partial charge in [0.15, 0.2) is 17.7 Å². The van der Waals surface area contributed by atoms with Gasteiger partial charge < -0.3 is 14.6 Å². The molecule has 1 N–H and O–H groups in total. The average molecular weight is 383 g/mol. The molecule has 0 aliphatic carbocycles. The number of hydrogen-bond acceptors (Lipinski definition) is 4. The van der Waals surface area contributed by atoms with E-state index in [4.69, 9.17) is 9.47 Å². The smallest absolute Gasteiger partial charge is 0.339 e. The number of carbonyl (C=O) groups excluding carboxylic acids is 1. The molecule has 0 spiro atoms. The van der Waals surface area contributed by atoms with Gasteiger partial charge in [0.2, 0.25) is 0 Å². The first kappa shape index (κ1) is 17.4. The number of rotatable bonds is 6. The number of benzene rings is 2. The van der Waals surface area contributed by atoms with Crippen LogP contribution >= 0.6 is 15.9 Å². The van der Waals surface area contributed by atoms with Crippen molar-refractivity contribution in [1.82, 2.24) is 0 Å². The summed E-state index contributed by atoms with van der Waals surface area (Å²) in [6, 6.07) is 11.8. The van der Waals surface area contributed by atoms with Gasteiger partial charge in [-0.25, -0.2) is 9.18 Å². The second kappa shape index (κ2) is 8.08. The largest absolute Gasteiger partial charge is 0.485 e. The minimum absolute atomic E-state index is 0.0219. The molecule has 0 amide bonds. The van der Waals surface area contributed by atoms with Gasteiger partial charge in [0.1, 0.15) is 6.61 Å². The normalized spacial score (nSPS) is 11.8. The van der Waals surface area contributed by atoms with E-state index >= 15 is 0 Å². The lowest BCUT2D eigenvalue weighted by molar-refractivity contribution is -0.153. The first-order chi connectivity index (χ1) is 11.0. The number of hydrogen-bond donors (Lipinski definition) is 1. The lowest BCUT2D eigenvalue weighted by atomic mass is 10.1. The highest BCUT2D eigenvalue weighted by Gasteiger charge is 2.22. The van der Waals surface area contributed by atoms with Gasteiger partial charge in [-0.15, -0.1) is 0 Å². The summed E-state index contributed by atoms with van der Waals surface area (Å²) < 4.78 is 24.7. The third-order valence-electron chi connectivity index (χ3n) is 3.07. The summed E-state index contributed by atoms with van der Waals surface area (Å²) in [5.74, 6) is -1.47. The van der Waals surface area contributed by atoms with Gasteiger partial charge in [-0.3, -0.25) is 0 Å². The zero-order valence-electron chi connectivity index (χ0n) is 12.5. The van der Waals surface area contributed by atoms with Crippen LogP contribution in [-0.4, -0.2) is 17.7 Å². The Morgan fingerprint density at radius 1 is 1.30 bits per heavy atom. The average Bonchev–Trinajstić information content (AvgIpc) is 2.54. The van der Waals surface area contributed by atoms with E-state index in [1.807, 2.05) is 30.3 Å². The minimum atomic E-state index is -1.54. The molecule has 0 saturated heterocycles. The van der Waals surface area contributed by atoms with Crippen molar-refractivity contribution in [2.45, 2.75) is 19.6 Å². The quantitative estimate of drug-likeness (QED) is 0.772. The van der Waals surface area contributed by atoms with Crippen LogP contribution in [-0.2, 0) is 16.1 Å². The van der Waals surface area contributed by atoms with E-state index in [0.29, 0.717) is 4.47 Å². The molecule has 0 saturated carbocycles. The molecule has 0 bridgehead atoms. The number of carbonyl (C=O) groups is 1. The minimum Gasteiger partial charge on any atom is -0.485 e. The Labute approximate surface area is 142 Å². The van der Waals surface area contributed by atoms with Crippen molar-refractivity contribution in [3.8, 4) is 5.75 Å². The second-order valence-electron chi connectivity index (χ2n) is 4.74. The van der Waals surface area contributed by atoms with E-state index < -0.39 is 17.9 Å². The Morgan fingerprint density at radius 3 is 2.61 bits per heavy atom. The number of aliphatic hydroxyl groups is 1. The van der Waals surface area contributed by atoms with Crippen molar-refractivity contribution in [1.29, 1.82) is 0 Å². The van der Waals surface area contributed by atoms with Crippen LogP contribution in [0.4, 0.5) is 4.39 Å². The van der Waals surface area contributed by atoms with Crippen LogP contribution in [0, 0.1) is 5.82 Å². The molecule has 4 nitrogen and oxygen atoms in total. The lowest BCUT2D eigenvalue weighted by Crippen LogP contribution is -2.15. The standard InChI is InChI=1S/C17H16BrFO4/c1-2-22-17(21)15(20)12-8-13(18)16(14(19)9-12)23-10-11-6-4-3-5-7-11/h3-9,15,20H,2,10H2,1H3. The zero-order valence-corrected chi connectivity index (χ0v) is 14.0. The third kappa shape index (κ3) is 4.53. The fourth-order valence-corrected chi connectivity index (χ4v) is 2.53. The van der Waals surface area contributed by atoms with Gasteiger partial charge in [0.25, 0.3) is 0 Å². The summed E-state index contributed by atoms with van der Waals surface area (Å²) >= 11 is 3.20. The van der Waals surface area contributed by atoms with Crippen molar-refractivity contribution in [2.24, 2.45) is 0 Å². The molecule has 0 aromatic heterocycles. The topological polar surface area (TPSA) is 55.8 Å². The van der Waals surface area contributed by atoms with E-state index in [9.17, 15) is 14.3 Å². The Bertz CT molecular complexity index is 653. The summed E-state index contributed by atoms with van der Waals surface area (Å²) in [6.07, 6.45) is -1.54. The van der Waals surface area contributed by atoms with Gasteiger partial charge >= 0.3 is 5.97 Å². The van der Waals surface area contributed by atoms with E-state index in [2.05, 4.69) is 15.9 Å². The molecule has 0 radical (unpaired) electrons. The Morgan fingerprint density at radius 2 is 2.00 bits per heavy atom. The van der Waals surface area contributed by atoms with Gasteiger partial charge in [0.05, 0.1) is 11.1 Å². The maximum absolute atomic E-state index is 14.2. The van der Waals surface area contributed by atoms with Crippen molar-refractivity contribution < 1.29 is 23.8 Å². The molecular formula is C17H16BrFO4. The highest BCUT2D eigenvalue weighted by Crippen LogP contribution is 2.32. The lowest BCUT2D eigenvalue weighted by Gasteiger charge is -2.14. The zero-order chi connectivity index (χ0) is 16.8. The summed E-state index contributed by atoms with van der Waals surface area (Å²) in [5, 5.41) is 9.86. The molecule has 0 aliphatic heterocycles. The summed E-state index contributed by atoms with van der Waals surface area (Å²) in [5.41, 5.74) is 0.995. The highest BCUT2D eigenvalue weighted by molar-refractivity contribution is 9.10. The SMILES string of the molecule is CCOC(=O)C(O)c1cc(F)c(OCc2ccccc2)c(Br)c1. The molecule has 0 heterocycles. The molecule has 1 atom stereocenters. The first-order valence-electron chi connectivity index (χ1n) is 7.03. The maximum Gasteiger partial charge on any atom is 0.339 e. The molecule has 23 heavy (non-hydrogen) atoms. The number of ether oxygens (including phenoxy) is 2. The summed E-state index contributed by atoms with van der Waals surface area (Å²) in [4.78, 5) is 11.5. The van der Waals surface area contributed by atoms with Gasteiger partial charge in [-0.2, -0.15) is 0 Å². The van der Waals surface area contributed by atoms with Crippen LogP contribution in [0.3, 0.4) is 0 Å². The molecular weight excluding hydrogens is 367 g/mol. The predicted octanol–water partition coefficient (Wildman–Crippen LogP) is 3.76. The number of aliphatic hydroxyl groups excluding tert-OH is 1. The van der Waals surface area contributed by atoms with E-state index in [1.54, 1.807) is 6.92 Å². The molecule has 2 rings (SSSR count). The third-order valence-corrected chi connectivity index (χ3v) is 3.66.